The van der Waals surface area contributed by atoms with Crippen LogP contribution in [0, 0.1) is 0 Å². The third-order valence-corrected chi connectivity index (χ3v) is 3.31. The monoisotopic (exact) mass is 328 g/mol. The smallest absolute Gasteiger partial charge is 0.339 e. The van der Waals surface area contributed by atoms with Crippen molar-refractivity contribution >= 4 is 11.9 Å². The van der Waals surface area contributed by atoms with E-state index >= 15 is 0 Å². The van der Waals surface area contributed by atoms with Crippen LogP contribution in [0.25, 0.3) is 0 Å². The van der Waals surface area contributed by atoms with Crippen LogP contribution in [0.1, 0.15) is 53.5 Å². The van der Waals surface area contributed by atoms with Gasteiger partial charge in [0.1, 0.15) is 6.61 Å². The molecule has 4 heteroatoms. The highest BCUT2D eigenvalue weighted by Crippen LogP contribution is 2.13. The van der Waals surface area contributed by atoms with Gasteiger partial charge in [0.2, 0.25) is 0 Å². The fourth-order valence-corrected chi connectivity index (χ4v) is 2.03. The molecule has 0 aliphatic heterocycles. The number of unbranched alkanes of at least 4 members (excludes halogenated alkanes) is 1. The molecule has 0 atom stereocenters. The van der Waals surface area contributed by atoms with Crippen LogP contribution >= 0.6 is 0 Å². The van der Waals surface area contributed by atoms with Crippen LogP contribution in [-0.4, -0.2) is 18.5 Å². The second kappa shape index (κ2) is 10.2. The normalized spacial score (nSPS) is 9.71. The maximum absolute atomic E-state index is 12.2. The molecule has 0 unspecified atom stereocenters. The van der Waals surface area contributed by atoms with Crippen LogP contribution in [0.5, 0.6) is 0 Å². The number of hydrogen-bond acceptors (Lipinski definition) is 4. The largest absolute Gasteiger partial charge is 0.462 e. The Morgan fingerprint density at radius 3 is 1.96 bits per heavy atom. The molecule has 24 heavy (non-hydrogen) atoms. The first-order chi connectivity index (χ1) is 11.2. The van der Waals surface area contributed by atoms with Gasteiger partial charge in [-0.25, -0.2) is 9.59 Å². The molecule has 0 N–H and O–H groups in total. The number of ether oxygens (including phenoxy) is 2. The molecule has 2 rings (SSSR count). The van der Waals surface area contributed by atoms with Gasteiger partial charge in [-0.15, -0.1) is 0 Å². The van der Waals surface area contributed by atoms with Crippen LogP contribution in [-0.2, 0) is 16.1 Å². The van der Waals surface area contributed by atoms with Crippen molar-refractivity contribution in [1.82, 2.24) is 0 Å². The number of hydrogen-bond donors (Lipinski definition) is 0. The molecule has 4 nitrogen and oxygen atoms in total. The lowest BCUT2D eigenvalue weighted by Gasteiger charge is -2.09. The zero-order chi connectivity index (χ0) is 16.5. The highest BCUT2D eigenvalue weighted by atomic mass is 16.5. The Hall–Kier alpha value is -2.62. The van der Waals surface area contributed by atoms with E-state index in [0.717, 1.165) is 18.4 Å². The molecule has 0 heterocycles. The van der Waals surface area contributed by atoms with Crippen molar-refractivity contribution in [3.8, 4) is 0 Å². The van der Waals surface area contributed by atoms with Crippen molar-refractivity contribution < 1.29 is 19.1 Å². The Morgan fingerprint density at radius 1 is 0.833 bits per heavy atom. The molecule has 0 amide bonds. The highest BCUT2D eigenvalue weighted by molar-refractivity contribution is 6.03. The topological polar surface area (TPSA) is 52.6 Å². The Bertz CT molecular complexity index is 650. The first kappa shape index (κ1) is 19.4. The van der Waals surface area contributed by atoms with Crippen molar-refractivity contribution in [3.63, 3.8) is 0 Å². The Labute approximate surface area is 143 Å². The van der Waals surface area contributed by atoms with E-state index in [1.807, 2.05) is 37.3 Å². The molecular weight excluding hydrogens is 304 g/mol. The van der Waals surface area contributed by atoms with Gasteiger partial charge >= 0.3 is 11.9 Å². The van der Waals surface area contributed by atoms with Crippen LogP contribution in [0.15, 0.2) is 54.6 Å². The first-order valence-corrected chi connectivity index (χ1v) is 7.69. The van der Waals surface area contributed by atoms with Crippen molar-refractivity contribution in [2.24, 2.45) is 0 Å². The minimum atomic E-state index is -0.531. The van der Waals surface area contributed by atoms with Crippen molar-refractivity contribution in [2.75, 3.05) is 6.61 Å². The van der Waals surface area contributed by atoms with Crippen LogP contribution < -0.4 is 0 Å². The molecule has 0 saturated heterocycles. The number of benzene rings is 2. The summed E-state index contributed by atoms with van der Waals surface area (Å²) in [5.41, 5.74) is 1.36. The second-order valence-corrected chi connectivity index (χ2v) is 5.10. The number of esters is 2. The molecule has 2 aromatic carbocycles. The molecular formula is C20H24O4. The first-order valence-electron chi connectivity index (χ1n) is 7.69. The third kappa shape index (κ3) is 5.54. The summed E-state index contributed by atoms with van der Waals surface area (Å²) in [7, 11) is 0. The zero-order valence-corrected chi connectivity index (χ0v) is 13.2. The Balaban J connectivity index is 0.00000288. The maximum atomic E-state index is 12.2. The van der Waals surface area contributed by atoms with E-state index in [9.17, 15) is 9.59 Å². The SMILES string of the molecule is C.CCCCOC(=O)c1ccccc1C(=O)OCc1ccccc1. The molecule has 0 bridgehead atoms. The van der Waals surface area contributed by atoms with E-state index in [-0.39, 0.29) is 25.2 Å². The van der Waals surface area contributed by atoms with Gasteiger partial charge in [0.05, 0.1) is 17.7 Å². The predicted octanol–water partition coefficient (Wildman–Crippen LogP) is 4.64. The van der Waals surface area contributed by atoms with E-state index < -0.39 is 11.9 Å². The van der Waals surface area contributed by atoms with Gasteiger partial charge in [0.15, 0.2) is 0 Å². The average molecular weight is 328 g/mol. The summed E-state index contributed by atoms with van der Waals surface area (Å²) >= 11 is 0. The van der Waals surface area contributed by atoms with Gasteiger partial charge < -0.3 is 9.47 Å². The fraction of sp³-hybridized carbons (Fsp3) is 0.300. The van der Waals surface area contributed by atoms with E-state index in [1.165, 1.54) is 0 Å². The Kier molecular flexibility index (Phi) is 8.26. The lowest BCUT2D eigenvalue weighted by molar-refractivity contribution is 0.0437. The number of rotatable bonds is 7. The second-order valence-electron chi connectivity index (χ2n) is 5.10. The molecule has 128 valence electrons. The zero-order valence-electron chi connectivity index (χ0n) is 13.2. The number of carbonyl (C=O) groups excluding carboxylic acids is 2. The van der Waals surface area contributed by atoms with Gasteiger partial charge in [0.25, 0.3) is 0 Å². The van der Waals surface area contributed by atoms with Crippen molar-refractivity contribution in [3.05, 3.63) is 71.3 Å². The molecule has 0 aromatic heterocycles. The van der Waals surface area contributed by atoms with E-state index in [1.54, 1.807) is 24.3 Å². The summed E-state index contributed by atoms with van der Waals surface area (Å²) in [6.45, 7) is 2.53. The Morgan fingerprint density at radius 2 is 1.38 bits per heavy atom. The molecule has 0 radical (unpaired) electrons. The van der Waals surface area contributed by atoms with Crippen molar-refractivity contribution in [1.29, 1.82) is 0 Å². The van der Waals surface area contributed by atoms with Crippen molar-refractivity contribution in [2.45, 2.75) is 33.8 Å². The summed E-state index contributed by atoms with van der Waals surface area (Å²) in [6, 6.07) is 15.9. The standard InChI is InChI=1S/C19H20O4.CH4/c1-2-3-13-22-18(20)16-11-7-8-12-17(16)19(21)23-14-15-9-5-4-6-10-15;/h4-12H,2-3,13-14H2,1H3;1H4. The summed E-state index contributed by atoms with van der Waals surface area (Å²) in [4.78, 5) is 24.3. The van der Waals surface area contributed by atoms with Gasteiger partial charge in [-0.1, -0.05) is 63.2 Å². The molecule has 0 saturated carbocycles. The summed E-state index contributed by atoms with van der Waals surface area (Å²) in [6.07, 6.45) is 1.74. The van der Waals surface area contributed by atoms with E-state index in [2.05, 4.69) is 0 Å². The van der Waals surface area contributed by atoms with E-state index in [4.69, 9.17) is 9.47 Å². The summed E-state index contributed by atoms with van der Waals surface area (Å²) in [5.74, 6) is -1.03. The molecule has 0 fully saturated rings. The molecule has 0 aliphatic rings. The van der Waals surface area contributed by atoms with Gasteiger partial charge in [0, 0.05) is 0 Å². The minimum absolute atomic E-state index is 0. The van der Waals surface area contributed by atoms with Crippen LogP contribution in [0.2, 0.25) is 0 Å². The molecule has 0 aliphatic carbocycles. The lowest BCUT2D eigenvalue weighted by Crippen LogP contribution is -2.14. The molecule has 2 aromatic rings. The van der Waals surface area contributed by atoms with Crippen LogP contribution in [0.4, 0.5) is 0 Å². The predicted molar refractivity (Wildman–Crippen MR) is 93.9 cm³/mol. The fourth-order valence-electron chi connectivity index (χ4n) is 2.03. The summed E-state index contributed by atoms with van der Waals surface area (Å²) < 4.78 is 10.5. The summed E-state index contributed by atoms with van der Waals surface area (Å²) in [5, 5.41) is 0. The highest BCUT2D eigenvalue weighted by Gasteiger charge is 2.18. The van der Waals surface area contributed by atoms with Gasteiger partial charge in [-0.2, -0.15) is 0 Å². The third-order valence-electron chi connectivity index (χ3n) is 3.31. The quantitative estimate of drug-likeness (QED) is 0.549. The maximum Gasteiger partial charge on any atom is 0.339 e. The van der Waals surface area contributed by atoms with Crippen LogP contribution in [0.3, 0.4) is 0 Å². The number of carbonyl (C=O) groups is 2. The average Bonchev–Trinajstić information content (AvgIpc) is 2.60. The van der Waals surface area contributed by atoms with Gasteiger partial charge in [-0.3, -0.25) is 0 Å². The van der Waals surface area contributed by atoms with E-state index in [0.29, 0.717) is 6.61 Å². The minimum Gasteiger partial charge on any atom is -0.462 e. The molecule has 0 spiro atoms. The lowest BCUT2D eigenvalue weighted by atomic mass is 10.1. The van der Waals surface area contributed by atoms with Gasteiger partial charge in [-0.05, 0) is 24.1 Å².